The Labute approximate surface area is 140 Å². The Morgan fingerprint density at radius 3 is 2.62 bits per heavy atom. The lowest BCUT2D eigenvalue weighted by Crippen LogP contribution is -2.30. The van der Waals surface area contributed by atoms with Gasteiger partial charge in [0.15, 0.2) is 0 Å². The summed E-state index contributed by atoms with van der Waals surface area (Å²) in [5, 5.41) is 3.38. The number of para-hydroxylation sites is 1. The van der Waals surface area contributed by atoms with Crippen molar-refractivity contribution in [3.8, 4) is 0 Å². The predicted octanol–water partition coefficient (Wildman–Crippen LogP) is 2.96. The van der Waals surface area contributed by atoms with Crippen LogP contribution in [0.1, 0.15) is 17.0 Å². The molecular formula is C19H19N3O2. The van der Waals surface area contributed by atoms with Crippen molar-refractivity contribution in [3.05, 3.63) is 69.8 Å². The SMILES string of the molecule is Cc1ccc(NC(=O)Cn2c(C)nc3ccccc3c2=O)c(C)c1. The van der Waals surface area contributed by atoms with E-state index in [-0.39, 0.29) is 18.0 Å². The van der Waals surface area contributed by atoms with Crippen LogP contribution in [0, 0.1) is 20.8 Å². The van der Waals surface area contributed by atoms with Crippen LogP contribution in [-0.4, -0.2) is 15.5 Å². The molecule has 0 saturated carbocycles. The summed E-state index contributed by atoms with van der Waals surface area (Å²) in [7, 11) is 0. The number of hydrogen-bond acceptors (Lipinski definition) is 3. The van der Waals surface area contributed by atoms with Crippen LogP contribution < -0.4 is 10.9 Å². The lowest BCUT2D eigenvalue weighted by atomic mass is 10.1. The molecular weight excluding hydrogens is 302 g/mol. The van der Waals surface area contributed by atoms with Crippen LogP contribution in [0.3, 0.4) is 0 Å². The van der Waals surface area contributed by atoms with Gasteiger partial charge in [-0.15, -0.1) is 0 Å². The molecule has 0 saturated heterocycles. The fourth-order valence-electron chi connectivity index (χ4n) is 2.75. The lowest BCUT2D eigenvalue weighted by molar-refractivity contribution is -0.116. The Bertz CT molecular complexity index is 990. The second kappa shape index (κ2) is 6.28. The molecule has 0 spiro atoms. The molecule has 3 aromatic rings. The summed E-state index contributed by atoms with van der Waals surface area (Å²) < 4.78 is 1.40. The standard InChI is InChI=1S/C19H19N3O2/c1-12-8-9-16(13(2)10-12)21-18(23)11-22-14(3)20-17-7-5-4-6-15(17)19(22)24/h4-10H,11H2,1-3H3,(H,21,23). The molecule has 5 heteroatoms. The zero-order valence-corrected chi connectivity index (χ0v) is 14.0. The first-order chi connectivity index (χ1) is 11.5. The van der Waals surface area contributed by atoms with E-state index >= 15 is 0 Å². The Balaban J connectivity index is 1.89. The van der Waals surface area contributed by atoms with Gasteiger partial charge in [0.2, 0.25) is 5.91 Å². The monoisotopic (exact) mass is 321 g/mol. The molecule has 2 aromatic carbocycles. The third kappa shape index (κ3) is 3.06. The fraction of sp³-hybridized carbons (Fsp3) is 0.211. The van der Waals surface area contributed by atoms with Crippen LogP contribution in [0.5, 0.6) is 0 Å². The Morgan fingerprint density at radius 2 is 1.88 bits per heavy atom. The lowest BCUT2D eigenvalue weighted by Gasteiger charge is -2.12. The van der Waals surface area contributed by atoms with Crippen molar-refractivity contribution in [1.82, 2.24) is 9.55 Å². The van der Waals surface area contributed by atoms with E-state index in [9.17, 15) is 9.59 Å². The van der Waals surface area contributed by atoms with Crippen molar-refractivity contribution in [2.45, 2.75) is 27.3 Å². The van der Waals surface area contributed by atoms with E-state index in [2.05, 4.69) is 10.3 Å². The zero-order chi connectivity index (χ0) is 17.3. The maximum absolute atomic E-state index is 12.6. The van der Waals surface area contributed by atoms with Crippen molar-refractivity contribution < 1.29 is 4.79 Å². The van der Waals surface area contributed by atoms with E-state index in [1.54, 1.807) is 25.1 Å². The highest BCUT2D eigenvalue weighted by molar-refractivity contribution is 5.91. The van der Waals surface area contributed by atoms with Crippen molar-refractivity contribution in [2.75, 3.05) is 5.32 Å². The van der Waals surface area contributed by atoms with E-state index in [4.69, 9.17) is 0 Å². The van der Waals surface area contributed by atoms with E-state index in [1.165, 1.54) is 4.57 Å². The number of nitrogens with zero attached hydrogens (tertiary/aromatic N) is 2. The third-order valence-electron chi connectivity index (χ3n) is 4.01. The Kier molecular flexibility index (Phi) is 4.16. The second-order valence-electron chi connectivity index (χ2n) is 5.93. The normalized spacial score (nSPS) is 10.8. The Morgan fingerprint density at radius 1 is 1.12 bits per heavy atom. The first kappa shape index (κ1) is 15.9. The van der Waals surface area contributed by atoms with Gasteiger partial charge < -0.3 is 5.32 Å². The van der Waals surface area contributed by atoms with Crippen LogP contribution in [0.25, 0.3) is 10.9 Å². The van der Waals surface area contributed by atoms with Crippen molar-refractivity contribution >= 4 is 22.5 Å². The van der Waals surface area contributed by atoms with Gasteiger partial charge in [-0.2, -0.15) is 0 Å². The molecule has 122 valence electrons. The zero-order valence-electron chi connectivity index (χ0n) is 14.0. The van der Waals surface area contributed by atoms with E-state index in [1.807, 2.05) is 38.1 Å². The summed E-state index contributed by atoms with van der Waals surface area (Å²) >= 11 is 0. The minimum Gasteiger partial charge on any atom is -0.324 e. The van der Waals surface area contributed by atoms with Crippen molar-refractivity contribution in [1.29, 1.82) is 0 Å². The van der Waals surface area contributed by atoms with Crippen molar-refractivity contribution in [3.63, 3.8) is 0 Å². The number of aromatic nitrogens is 2. The van der Waals surface area contributed by atoms with Crippen LogP contribution in [0.2, 0.25) is 0 Å². The number of nitrogens with one attached hydrogen (secondary N) is 1. The molecule has 3 rings (SSSR count). The van der Waals surface area contributed by atoms with Gasteiger partial charge in [0.25, 0.3) is 5.56 Å². The maximum atomic E-state index is 12.6. The molecule has 0 bridgehead atoms. The molecule has 1 aromatic heterocycles. The van der Waals surface area contributed by atoms with Gasteiger partial charge in [0.05, 0.1) is 10.9 Å². The molecule has 0 aliphatic heterocycles. The highest BCUT2D eigenvalue weighted by Gasteiger charge is 2.12. The molecule has 0 aliphatic carbocycles. The number of carbonyl (C=O) groups is 1. The molecule has 0 fully saturated rings. The highest BCUT2D eigenvalue weighted by Crippen LogP contribution is 2.16. The average molecular weight is 321 g/mol. The number of benzene rings is 2. The van der Waals surface area contributed by atoms with Crippen LogP contribution in [0.4, 0.5) is 5.69 Å². The molecule has 0 radical (unpaired) electrons. The summed E-state index contributed by atoms with van der Waals surface area (Å²) in [4.78, 5) is 29.4. The maximum Gasteiger partial charge on any atom is 0.261 e. The molecule has 0 atom stereocenters. The molecule has 0 aliphatic rings. The first-order valence-electron chi connectivity index (χ1n) is 7.79. The minimum absolute atomic E-state index is 0.0597. The summed E-state index contributed by atoms with van der Waals surface area (Å²) in [6, 6.07) is 13.0. The number of amides is 1. The van der Waals surface area contributed by atoms with Gasteiger partial charge >= 0.3 is 0 Å². The van der Waals surface area contributed by atoms with E-state index < -0.39 is 0 Å². The van der Waals surface area contributed by atoms with Gasteiger partial charge in [-0.1, -0.05) is 29.8 Å². The average Bonchev–Trinajstić information content (AvgIpc) is 2.54. The second-order valence-corrected chi connectivity index (χ2v) is 5.93. The van der Waals surface area contributed by atoms with E-state index in [0.29, 0.717) is 16.7 Å². The molecule has 1 N–H and O–H groups in total. The van der Waals surface area contributed by atoms with E-state index in [0.717, 1.165) is 16.8 Å². The van der Waals surface area contributed by atoms with Crippen LogP contribution >= 0.6 is 0 Å². The molecule has 5 nitrogen and oxygen atoms in total. The van der Waals surface area contributed by atoms with Crippen LogP contribution in [-0.2, 0) is 11.3 Å². The molecule has 0 unspecified atom stereocenters. The van der Waals surface area contributed by atoms with Crippen molar-refractivity contribution in [2.24, 2.45) is 0 Å². The quantitative estimate of drug-likeness (QED) is 0.806. The number of rotatable bonds is 3. The molecule has 1 amide bonds. The highest BCUT2D eigenvalue weighted by atomic mass is 16.2. The number of carbonyl (C=O) groups excluding carboxylic acids is 1. The first-order valence-corrected chi connectivity index (χ1v) is 7.79. The van der Waals surface area contributed by atoms with Gasteiger partial charge in [-0.25, -0.2) is 4.98 Å². The van der Waals surface area contributed by atoms with Gasteiger partial charge in [0, 0.05) is 5.69 Å². The summed E-state index contributed by atoms with van der Waals surface area (Å²) in [5.41, 5.74) is 3.32. The fourth-order valence-corrected chi connectivity index (χ4v) is 2.75. The minimum atomic E-state index is -0.246. The summed E-state index contributed by atoms with van der Waals surface area (Å²) in [6.07, 6.45) is 0. The summed E-state index contributed by atoms with van der Waals surface area (Å²) in [5.74, 6) is 0.277. The predicted molar refractivity (Wildman–Crippen MR) is 95.3 cm³/mol. The molecule has 24 heavy (non-hydrogen) atoms. The number of hydrogen-bond donors (Lipinski definition) is 1. The van der Waals surface area contributed by atoms with Crippen LogP contribution in [0.15, 0.2) is 47.3 Å². The number of fused-ring (bicyclic) bond motifs is 1. The number of aryl methyl sites for hydroxylation is 3. The molecule has 1 heterocycles. The van der Waals surface area contributed by atoms with Gasteiger partial charge in [0.1, 0.15) is 12.4 Å². The Hall–Kier alpha value is -2.95. The van der Waals surface area contributed by atoms with Gasteiger partial charge in [-0.05, 0) is 44.5 Å². The smallest absolute Gasteiger partial charge is 0.261 e. The largest absolute Gasteiger partial charge is 0.324 e. The number of anilines is 1. The third-order valence-corrected chi connectivity index (χ3v) is 4.01. The summed E-state index contributed by atoms with van der Waals surface area (Å²) in [6.45, 7) is 5.62. The topological polar surface area (TPSA) is 64.0 Å². The van der Waals surface area contributed by atoms with Gasteiger partial charge in [-0.3, -0.25) is 14.2 Å².